The van der Waals surface area contributed by atoms with Crippen LogP contribution < -0.4 is 0 Å². The van der Waals surface area contributed by atoms with Crippen molar-refractivity contribution in [2.75, 3.05) is 6.26 Å². The molecular weight excluding hydrogens is 218 g/mol. The van der Waals surface area contributed by atoms with Gasteiger partial charge in [-0.1, -0.05) is 11.6 Å². The van der Waals surface area contributed by atoms with Gasteiger partial charge >= 0.3 is 0 Å². The van der Waals surface area contributed by atoms with E-state index in [0.29, 0.717) is 10.7 Å². The van der Waals surface area contributed by atoms with Gasteiger partial charge in [0.1, 0.15) is 16.7 Å². The van der Waals surface area contributed by atoms with Crippen molar-refractivity contribution in [2.24, 2.45) is 0 Å². The molecule has 3 nitrogen and oxygen atoms in total. The van der Waals surface area contributed by atoms with Crippen molar-refractivity contribution in [3.05, 3.63) is 29.0 Å². The lowest BCUT2D eigenvalue weighted by atomic mass is 10.4. The second-order valence-corrected chi connectivity index (χ2v) is 3.89. The van der Waals surface area contributed by atoms with Gasteiger partial charge in [-0.25, -0.2) is 4.98 Å². The van der Waals surface area contributed by atoms with Crippen LogP contribution in [0.3, 0.4) is 0 Å². The van der Waals surface area contributed by atoms with E-state index in [4.69, 9.17) is 16.9 Å². The van der Waals surface area contributed by atoms with Gasteiger partial charge in [-0.3, -0.25) is 4.40 Å². The molecule has 2 heterocycles. The van der Waals surface area contributed by atoms with Crippen molar-refractivity contribution >= 4 is 29.0 Å². The van der Waals surface area contributed by atoms with Crippen molar-refractivity contribution in [2.45, 2.75) is 5.03 Å². The molecule has 0 N–H and O–H groups in total. The molecule has 2 rings (SSSR count). The van der Waals surface area contributed by atoms with Crippen molar-refractivity contribution in [3.8, 4) is 6.07 Å². The molecule has 0 unspecified atom stereocenters. The zero-order chi connectivity index (χ0) is 10.1. The van der Waals surface area contributed by atoms with Crippen LogP contribution >= 0.6 is 23.4 Å². The molecule has 0 amide bonds. The van der Waals surface area contributed by atoms with Gasteiger partial charge in [0.2, 0.25) is 0 Å². The molecular formula is C9H6ClN3S. The highest BCUT2D eigenvalue weighted by Gasteiger charge is 2.10. The third-order valence-corrected chi connectivity index (χ3v) is 2.74. The number of hydrogen-bond acceptors (Lipinski definition) is 3. The Balaban J connectivity index is 2.83. The fraction of sp³-hybridized carbons (Fsp3) is 0.111. The maximum absolute atomic E-state index is 8.96. The standard InChI is InChI=1S/C9H6ClN3S/c1-14-9-7(4-11)13-5-6(10)2-3-8(13)12-9/h2-3,5H,1H3. The Morgan fingerprint density at radius 2 is 2.36 bits per heavy atom. The van der Waals surface area contributed by atoms with Crippen molar-refractivity contribution in [3.63, 3.8) is 0 Å². The zero-order valence-electron chi connectivity index (χ0n) is 7.36. The Hall–Kier alpha value is -1.18. The predicted molar refractivity (Wildman–Crippen MR) is 56.7 cm³/mol. The molecule has 0 aliphatic heterocycles. The predicted octanol–water partition coefficient (Wildman–Crippen LogP) is 2.58. The van der Waals surface area contributed by atoms with Gasteiger partial charge in [0.15, 0.2) is 5.69 Å². The summed E-state index contributed by atoms with van der Waals surface area (Å²) in [6.45, 7) is 0. The number of pyridine rings is 1. The average molecular weight is 224 g/mol. The van der Waals surface area contributed by atoms with Crippen LogP contribution in [0.4, 0.5) is 0 Å². The third-order valence-electron chi connectivity index (χ3n) is 1.85. The molecule has 0 aliphatic carbocycles. The second kappa shape index (κ2) is 3.52. The van der Waals surface area contributed by atoms with Crippen LogP contribution in [-0.4, -0.2) is 15.6 Å². The van der Waals surface area contributed by atoms with Crippen LogP contribution in [0.25, 0.3) is 5.65 Å². The van der Waals surface area contributed by atoms with Gasteiger partial charge in [0.05, 0.1) is 5.02 Å². The van der Waals surface area contributed by atoms with Crippen molar-refractivity contribution < 1.29 is 0 Å². The molecule has 0 saturated heterocycles. The van der Waals surface area contributed by atoms with Gasteiger partial charge in [-0.2, -0.15) is 5.26 Å². The Morgan fingerprint density at radius 3 is 3.00 bits per heavy atom. The highest BCUT2D eigenvalue weighted by molar-refractivity contribution is 7.98. The molecule has 0 spiro atoms. The molecule has 0 saturated carbocycles. The van der Waals surface area contributed by atoms with Gasteiger partial charge in [-0.15, -0.1) is 11.8 Å². The first-order valence-corrected chi connectivity index (χ1v) is 5.48. The third kappa shape index (κ3) is 1.35. The molecule has 0 fully saturated rings. The van der Waals surface area contributed by atoms with E-state index in [-0.39, 0.29) is 0 Å². The quantitative estimate of drug-likeness (QED) is 0.698. The Morgan fingerprint density at radius 1 is 1.57 bits per heavy atom. The lowest BCUT2D eigenvalue weighted by molar-refractivity contribution is 1.13. The van der Waals surface area contributed by atoms with E-state index in [0.717, 1.165) is 10.7 Å². The first-order chi connectivity index (χ1) is 6.76. The van der Waals surface area contributed by atoms with E-state index in [2.05, 4.69) is 11.1 Å². The van der Waals surface area contributed by atoms with Gasteiger partial charge in [0.25, 0.3) is 0 Å². The minimum absolute atomic E-state index is 0.537. The topological polar surface area (TPSA) is 41.1 Å². The van der Waals surface area contributed by atoms with Crippen LogP contribution in [0.2, 0.25) is 5.02 Å². The van der Waals surface area contributed by atoms with Gasteiger partial charge < -0.3 is 0 Å². The Kier molecular flexibility index (Phi) is 2.36. The first kappa shape index (κ1) is 9.38. The van der Waals surface area contributed by atoms with Crippen LogP contribution in [0.15, 0.2) is 23.4 Å². The van der Waals surface area contributed by atoms with Crippen LogP contribution in [0.1, 0.15) is 5.69 Å². The highest BCUT2D eigenvalue weighted by atomic mass is 35.5. The second-order valence-electron chi connectivity index (χ2n) is 2.66. The molecule has 70 valence electrons. The lowest BCUT2D eigenvalue weighted by Crippen LogP contribution is -1.87. The average Bonchev–Trinajstić information content (AvgIpc) is 2.54. The smallest absolute Gasteiger partial charge is 0.158 e. The van der Waals surface area contributed by atoms with E-state index in [1.165, 1.54) is 11.8 Å². The number of imidazole rings is 1. The number of nitriles is 1. The Bertz CT molecular complexity index is 527. The summed E-state index contributed by atoms with van der Waals surface area (Å²) in [7, 11) is 0. The number of nitrogens with zero attached hydrogens (tertiary/aromatic N) is 3. The molecule has 14 heavy (non-hydrogen) atoms. The summed E-state index contributed by atoms with van der Waals surface area (Å²) >= 11 is 7.29. The molecule has 0 bridgehead atoms. The molecule has 0 aliphatic rings. The summed E-state index contributed by atoms with van der Waals surface area (Å²) < 4.78 is 1.70. The highest BCUT2D eigenvalue weighted by Crippen LogP contribution is 2.22. The summed E-state index contributed by atoms with van der Waals surface area (Å²) in [6.07, 6.45) is 3.59. The van der Waals surface area contributed by atoms with Gasteiger partial charge in [-0.05, 0) is 18.4 Å². The maximum atomic E-state index is 8.96. The fourth-order valence-electron chi connectivity index (χ4n) is 1.24. The van der Waals surface area contributed by atoms with Crippen LogP contribution in [-0.2, 0) is 0 Å². The molecule has 0 atom stereocenters. The van der Waals surface area contributed by atoms with E-state index in [1.807, 2.05) is 6.26 Å². The minimum Gasteiger partial charge on any atom is -0.289 e. The zero-order valence-corrected chi connectivity index (χ0v) is 8.93. The molecule has 0 radical (unpaired) electrons. The number of hydrogen-bond donors (Lipinski definition) is 0. The lowest BCUT2D eigenvalue weighted by Gasteiger charge is -1.94. The van der Waals surface area contributed by atoms with E-state index >= 15 is 0 Å². The van der Waals surface area contributed by atoms with E-state index < -0.39 is 0 Å². The summed E-state index contributed by atoms with van der Waals surface area (Å²) in [5, 5.41) is 10.3. The van der Waals surface area contributed by atoms with Crippen molar-refractivity contribution in [1.29, 1.82) is 5.26 Å². The number of fused-ring (bicyclic) bond motifs is 1. The summed E-state index contributed by atoms with van der Waals surface area (Å²) in [4.78, 5) is 4.29. The molecule has 5 heteroatoms. The summed E-state index contributed by atoms with van der Waals surface area (Å²) in [5.41, 5.74) is 1.28. The first-order valence-electron chi connectivity index (χ1n) is 3.88. The fourth-order valence-corrected chi connectivity index (χ4v) is 1.92. The molecule has 2 aromatic heterocycles. The van der Waals surface area contributed by atoms with Gasteiger partial charge in [0, 0.05) is 6.20 Å². The van der Waals surface area contributed by atoms with Crippen LogP contribution in [0, 0.1) is 11.3 Å². The Labute approximate surface area is 90.3 Å². The summed E-state index contributed by atoms with van der Waals surface area (Å²) in [6, 6.07) is 5.67. The number of rotatable bonds is 1. The monoisotopic (exact) mass is 223 g/mol. The number of halogens is 1. The van der Waals surface area contributed by atoms with Crippen molar-refractivity contribution in [1.82, 2.24) is 9.38 Å². The molecule has 0 aromatic carbocycles. The SMILES string of the molecule is CSc1nc2ccc(Cl)cn2c1C#N. The van der Waals surface area contributed by atoms with E-state index in [1.54, 1.807) is 22.7 Å². The largest absolute Gasteiger partial charge is 0.289 e. The number of aromatic nitrogens is 2. The minimum atomic E-state index is 0.537. The molecule has 2 aromatic rings. The summed E-state index contributed by atoms with van der Waals surface area (Å²) in [5.74, 6) is 0. The van der Waals surface area contributed by atoms with Crippen LogP contribution in [0.5, 0.6) is 0 Å². The maximum Gasteiger partial charge on any atom is 0.158 e. The normalized spacial score (nSPS) is 10.4. The number of thioether (sulfide) groups is 1. The van der Waals surface area contributed by atoms with E-state index in [9.17, 15) is 0 Å².